The topological polar surface area (TPSA) is 327 Å². The van der Waals surface area contributed by atoms with Crippen molar-refractivity contribution in [3.8, 4) is 0 Å². The lowest BCUT2D eigenvalue weighted by molar-refractivity contribution is -0.158. The molecule has 2 saturated heterocycles. The molecule has 648 valence electrons. The smallest absolute Gasteiger partial charge is 0.325 e. The van der Waals surface area contributed by atoms with Crippen LogP contribution in [0.1, 0.15) is 198 Å². The predicted octanol–water partition coefficient (Wildman–Crippen LogP) is 15.9. The number of aliphatic hydroxyl groups excluding tert-OH is 2. The third-order valence-corrected chi connectivity index (χ3v) is 30.6. The van der Waals surface area contributed by atoms with Crippen molar-refractivity contribution in [2.24, 2.45) is 28.6 Å². The molecular formula is C84H125Cl6N7O17Si2. The number of rotatable bonds is 29. The Kier molecular flexibility index (Phi) is 38.0. The second kappa shape index (κ2) is 43.0. The van der Waals surface area contributed by atoms with E-state index in [1.54, 1.807) is 61.5 Å². The number of nitrogens with zero attached hydrogens (tertiary/aromatic N) is 2. The molecule has 0 saturated carbocycles. The zero-order valence-corrected chi connectivity index (χ0v) is 78.0. The van der Waals surface area contributed by atoms with Crippen LogP contribution in [0.25, 0.3) is 33.7 Å². The fraction of sp³-hybridized carbons (Fsp3) is 0.607. The van der Waals surface area contributed by atoms with E-state index < -0.39 is 156 Å². The maximum atomic E-state index is 14.3. The Morgan fingerprint density at radius 3 is 1.25 bits per heavy atom. The summed E-state index contributed by atoms with van der Waals surface area (Å²) in [6.45, 7) is 43.9. The molecule has 32 heteroatoms. The van der Waals surface area contributed by atoms with E-state index in [1.165, 1.54) is 16.9 Å². The number of nitrogens with one attached hydrogen (secondary N) is 5. The first kappa shape index (κ1) is 102. The Morgan fingerprint density at radius 2 is 0.897 bits per heavy atom. The molecule has 2 heterocycles. The first-order valence-corrected chi connectivity index (χ1v) is 47.3. The number of carboxylic acid groups (broad SMARTS) is 1. The van der Waals surface area contributed by atoms with E-state index in [9.17, 15) is 58.5 Å². The van der Waals surface area contributed by atoms with Crippen LogP contribution < -0.4 is 26.8 Å². The van der Waals surface area contributed by atoms with Crippen molar-refractivity contribution in [1.82, 2.24) is 36.8 Å². The van der Waals surface area contributed by atoms with E-state index in [-0.39, 0.29) is 41.5 Å². The van der Waals surface area contributed by atoms with Crippen LogP contribution in [0.2, 0.25) is 36.3 Å². The zero-order valence-electron chi connectivity index (χ0n) is 71.5. The van der Waals surface area contributed by atoms with Crippen molar-refractivity contribution >= 4 is 173 Å². The van der Waals surface area contributed by atoms with Gasteiger partial charge in [-0.05, 0) is 204 Å². The summed E-state index contributed by atoms with van der Waals surface area (Å²) < 4.78 is 24.7. The van der Waals surface area contributed by atoms with Gasteiger partial charge in [-0.25, -0.2) is 10.9 Å². The third-order valence-electron chi connectivity index (χ3n) is 21.0. The predicted molar refractivity (Wildman–Crippen MR) is 466 cm³/mol. The SMILES string of the molecule is CC(C)[C@H](CC(=O)OC(C)(C)C)C(=O)N[C@@H](C)C(=O)N1CCC[C@@H](C(=O)OCC(Cl)(Cl)Cl)N1.CC(C)[C@H](NC(=O)[C@](C)(/C=C/c1ccc2ccc([C@@H](C)O)cc2c1)CO[Si](C)(C)C(C)(C)C)C(=O)N[C@@H](C)C(=O)N1CCC[C@@H](C(=O)OCC(Cl)(Cl)Cl)N1.C[C@@H](O)c1ccc2ccc(/C=C/[C@](C)(CO[Si](C)(C)C(C)(C)C)C(=O)O)cc2c1. The van der Waals surface area contributed by atoms with Crippen LogP contribution in [-0.2, 0) is 66.2 Å². The van der Waals surface area contributed by atoms with E-state index in [4.69, 9.17) is 92.7 Å². The molecule has 0 spiro atoms. The second-order valence-electron chi connectivity index (χ2n) is 35.4. The Morgan fingerprint density at radius 1 is 0.517 bits per heavy atom. The Labute approximate surface area is 717 Å². The molecule has 116 heavy (non-hydrogen) atoms. The first-order valence-electron chi connectivity index (χ1n) is 39.2. The van der Waals surface area contributed by atoms with Gasteiger partial charge in [-0.2, -0.15) is 0 Å². The molecule has 2 fully saturated rings. The van der Waals surface area contributed by atoms with Gasteiger partial charge in [0, 0.05) is 13.1 Å². The van der Waals surface area contributed by atoms with E-state index in [1.807, 2.05) is 119 Å². The summed E-state index contributed by atoms with van der Waals surface area (Å²) >= 11 is 33.9. The molecule has 8 N–H and O–H groups in total. The highest BCUT2D eigenvalue weighted by atomic mass is 35.6. The van der Waals surface area contributed by atoms with E-state index in [0.717, 1.165) is 43.8 Å². The summed E-state index contributed by atoms with van der Waals surface area (Å²) in [5, 5.41) is 44.7. The summed E-state index contributed by atoms with van der Waals surface area (Å²) in [6.07, 6.45) is 7.92. The molecule has 0 aromatic heterocycles. The Balaban J connectivity index is 0.000000392. The van der Waals surface area contributed by atoms with Crippen LogP contribution in [-0.4, -0.2) is 178 Å². The number of benzene rings is 4. The standard InChI is InChI=1S/C39H57Cl3N4O7Si.C24H34O4Si.C21H34Cl3N3O6/c1-24(2)32(33(48)43-25(3)34(49)46-19-11-12-31(45-46)35(50)52-23-39(40,41)42)44-36(51)38(8,22-53-54(9,10)37(5,6)7)18-17-27-13-14-28-15-16-29(26(4)47)21-30(28)20-27;1-17(25)20-11-10-19-9-8-18(14-21(19)15-20)12-13-24(5,22(26)27)16-28-29(6,7)23(2,3)4;1-12(2)14(10-16(28)33-20(4,5)6)17(29)25-13(3)18(30)27-9-7-8-15(26-27)19(31)32-11-21(22,23)24/h13-18,20-21,24-26,31-32,45,47H,11-12,19,22-23H2,1-10H3,(H,43,48)(H,44,51);8-15,17,25H,16H2,1-7H3,(H,26,27);12-15,26H,7-11H2,1-6H3,(H,25,29)/b18-17+;13-12+;/t25-,26+,31-,32-,38+;17-,24-;13-,14-,15-/m010/s1. The van der Waals surface area contributed by atoms with Crippen molar-refractivity contribution in [3.63, 3.8) is 0 Å². The highest BCUT2D eigenvalue weighted by Gasteiger charge is 2.45. The molecule has 6 rings (SSSR count). The monoisotopic (exact) mass is 1770 g/mol. The van der Waals surface area contributed by atoms with Crippen LogP contribution in [0.5, 0.6) is 0 Å². The lowest BCUT2D eigenvalue weighted by Crippen LogP contribution is -2.61. The van der Waals surface area contributed by atoms with E-state index in [0.29, 0.717) is 38.8 Å². The van der Waals surface area contributed by atoms with Gasteiger partial charge in [0.2, 0.25) is 25.3 Å². The summed E-state index contributed by atoms with van der Waals surface area (Å²) in [7, 11) is -4.34. The third kappa shape index (κ3) is 32.5. The minimum absolute atomic E-state index is 0.0238. The molecule has 4 aromatic rings. The van der Waals surface area contributed by atoms with Gasteiger partial charge in [0.25, 0.3) is 11.8 Å². The number of hydrogen-bond donors (Lipinski definition) is 8. The average Bonchev–Trinajstić information content (AvgIpc) is 0.812. The lowest BCUT2D eigenvalue weighted by atomic mass is 9.88. The molecule has 24 nitrogen and oxygen atoms in total. The maximum absolute atomic E-state index is 14.3. The highest BCUT2D eigenvalue weighted by Crippen LogP contribution is 2.40. The molecule has 0 bridgehead atoms. The normalized spacial score (nSPS) is 18.1. The van der Waals surface area contributed by atoms with E-state index >= 15 is 0 Å². The van der Waals surface area contributed by atoms with Gasteiger partial charge < -0.3 is 54.3 Å². The molecular weight excluding hydrogens is 1650 g/mol. The van der Waals surface area contributed by atoms with Gasteiger partial charge in [-0.15, -0.1) is 0 Å². The van der Waals surface area contributed by atoms with Gasteiger partial charge in [-0.1, -0.05) is 212 Å². The molecule has 0 aliphatic carbocycles. The fourth-order valence-electron chi connectivity index (χ4n) is 11.3. The van der Waals surface area contributed by atoms with Gasteiger partial charge in [-0.3, -0.25) is 53.2 Å². The highest BCUT2D eigenvalue weighted by molar-refractivity contribution is 6.74. The lowest BCUT2D eigenvalue weighted by Gasteiger charge is -2.39. The van der Waals surface area contributed by atoms with E-state index in [2.05, 4.69) is 94.5 Å². The molecule has 5 amide bonds. The fourth-order valence-corrected chi connectivity index (χ4v) is 13.8. The van der Waals surface area contributed by atoms with Crippen molar-refractivity contribution in [1.29, 1.82) is 0 Å². The number of carboxylic acids is 1. The molecule has 4 aromatic carbocycles. The molecule has 0 unspecified atom stereocenters. The summed E-state index contributed by atoms with van der Waals surface area (Å²) in [5.74, 6) is -6.10. The number of amides is 5. The molecule has 2 aliphatic heterocycles. The number of alkyl halides is 6. The quantitative estimate of drug-likeness (QED) is 0.0108. The first-order chi connectivity index (χ1) is 53.1. The number of carbonyl (C=O) groups excluding carboxylic acids is 8. The van der Waals surface area contributed by atoms with Crippen molar-refractivity contribution < 1.29 is 81.5 Å². The number of aliphatic hydroxyl groups is 2. The van der Waals surface area contributed by atoms with Crippen molar-refractivity contribution in [3.05, 3.63) is 107 Å². The van der Waals surface area contributed by atoms with Gasteiger partial charge >= 0.3 is 23.9 Å². The maximum Gasteiger partial charge on any atom is 0.325 e. The Hall–Kier alpha value is -5.96. The van der Waals surface area contributed by atoms with Crippen LogP contribution in [0.4, 0.5) is 0 Å². The molecule has 0 radical (unpaired) electrons. The van der Waals surface area contributed by atoms with Crippen LogP contribution in [0, 0.1) is 28.6 Å². The van der Waals surface area contributed by atoms with Gasteiger partial charge in [0.1, 0.15) is 54.4 Å². The number of esters is 3. The Bertz CT molecular complexity index is 4110. The summed E-state index contributed by atoms with van der Waals surface area (Å²) in [6, 6.07) is 19.1. The molecule has 10 atom stereocenters. The van der Waals surface area contributed by atoms with Gasteiger partial charge in [0.05, 0.1) is 43.2 Å². The number of carbonyl (C=O) groups is 9. The minimum Gasteiger partial charge on any atom is -0.481 e. The van der Waals surface area contributed by atoms with Crippen LogP contribution >= 0.6 is 69.6 Å². The number of fused-ring (bicyclic) bond motifs is 2. The van der Waals surface area contributed by atoms with Crippen molar-refractivity contribution in [2.75, 3.05) is 39.5 Å². The van der Waals surface area contributed by atoms with Crippen LogP contribution in [0.15, 0.2) is 84.9 Å². The van der Waals surface area contributed by atoms with Crippen molar-refractivity contribution in [2.45, 2.75) is 256 Å². The minimum atomic E-state index is -2.29. The number of hydrogen-bond acceptors (Lipinski definition) is 18. The number of aliphatic carboxylic acids is 1. The zero-order chi connectivity index (χ0) is 88.4. The summed E-state index contributed by atoms with van der Waals surface area (Å²) in [5.41, 5.74) is 6.16. The number of halogens is 6. The molecule has 2 aliphatic rings. The van der Waals surface area contributed by atoms with Crippen LogP contribution in [0.3, 0.4) is 0 Å². The second-order valence-corrected chi connectivity index (χ2v) is 50.0. The summed E-state index contributed by atoms with van der Waals surface area (Å²) in [4.78, 5) is 116. The largest absolute Gasteiger partial charge is 0.481 e. The number of hydrazine groups is 2. The number of ether oxygens (including phenoxy) is 3. The van der Waals surface area contributed by atoms with Gasteiger partial charge in [0.15, 0.2) is 16.6 Å². The average molecular weight is 1770 g/mol.